The Morgan fingerprint density at radius 3 is 2.68 bits per heavy atom. The molecule has 1 aliphatic rings. The summed E-state index contributed by atoms with van der Waals surface area (Å²) in [5, 5.41) is -0.818. The molecule has 1 unspecified atom stereocenters. The minimum Gasteiger partial charge on any atom is -0.310 e. The Balaban J connectivity index is 2.31. The van der Waals surface area contributed by atoms with Gasteiger partial charge in [-0.1, -0.05) is 19.1 Å². The molecule has 1 fully saturated rings. The molecule has 1 aromatic rings. The molecule has 1 amide bonds. The van der Waals surface area contributed by atoms with E-state index in [1.807, 2.05) is 31.2 Å². The van der Waals surface area contributed by atoms with Gasteiger partial charge in [0.2, 0.25) is 15.0 Å². The van der Waals surface area contributed by atoms with Crippen molar-refractivity contribution in [2.24, 2.45) is 0 Å². The standard InChI is InChI=1S/C12H14ClNO3S2/c1-2-18-11-6-4-3-5-10(11)14-8-9(7-12(14)15)19(13,16)17/h3-6,9H,2,7-8H2,1H3. The lowest BCUT2D eigenvalue weighted by molar-refractivity contribution is -0.117. The first-order chi connectivity index (χ1) is 8.93. The smallest absolute Gasteiger partial charge is 0.237 e. The number of carbonyl (C=O) groups excluding carboxylic acids is 1. The molecule has 1 atom stereocenters. The molecule has 1 saturated heterocycles. The van der Waals surface area contributed by atoms with Crippen molar-refractivity contribution in [3.63, 3.8) is 0 Å². The van der Waals surface area contributed by atoms with Crippen LogP contribution in [-0.4, -0.2) is 31.9 Å². The molecule has 1 heterocycles. The zero-order valence-corrected chi connectivity index (χ0v) is 12.8. The molecule has 1 aliphatic heterocycles. The average molecular weight is 320 g/mol. The van der Waals surface area contributed by atoms with Gasteiger partial charge < -0.3 is 4.90 Å². The first-order valence-corrected chi connectivity index (χ1v) is 9.25. The van der Waals surface area contributed by atoms with Gasteiger partial charge in [-0.05, 0) is 17.9 Å². The average Bonchev–Trinajstić information content (AvgIpc) is 2.72. The lowest BCUT2D eigenvalue weighted by atomic mass is 10.3. The van der Waals surface area contributed by atoms with E-state index < -0.39 is 14.3 Å². The minimum absolute atomic E-state index is 0.0447. The summed E-state index contributed by atoms with van der Waals surface area (Å²) < 4.78 is 22.7. The number of nitrogens with zero attached hydrogens (tertiary/aromatic N) is 1. The first kappa shape index (κ1) is 14.7. The molecule has 0 aliphatic carbocycles. The molecule has 0 bridgehead atoms. The van der Waals surface area contributed by atoms with Crippen molar-refractivity contribution in [1.82, 2.24) is 0 Å². The normalized spacial score (nSPS) is 20.0. The lowest BCUT2D eigenvalue weighted by Gasteiger charge is -2.19. The van der Waals surface area contributed by atoms with Crippen LogP contribution in [-0.2, 0) is 13.8 Å². The van der Waals surface area contributed by atoms with Crippen molar-refractivity contribution < 1.29 is 13.2 Å². The number of carbonyl (C=O) groups is 1. The molecular weight excluding hydrogens is 306 g/mol. The maximum Gasteiger partial charge on any atom is 0.237 e. The molecule has 0 radical (unpaired) electrons. The Bertz CT molecular complexity index is 588. The van der Waals surface area contributed by atoms with Crippen LogP contribution in [0, 0.1) is 0 Å². The third-order valence-electron chi connectivity index (χ3n) is 2.94. The summed E-state index contributed by atoms with van der Waals surface area (Å²) >= 11 is 1.62. The summed E-state index contributed by atoms with van der Waals surface area (Å²) in [5.74, 6) is 0.689. The number of rotatable bonds is 4. The van der Waals surface area contributed by atoms with Crippen LogP contribution >= 0.6 is 22.4 Å². The van der Waals surface area contributed by atoms with Crippen LogP contribution in [0.5, 0.6) is 0 Å². The van der Waals surface area contributed by atoms with Gasteiger partial charge in [-0.3, -0.25) is 4.79 Å². The number of amides is 1. The predicted molar refractivity (Wildman–Crippen MR) is 78.4 cm³/mol. The van der Waals surface area contributed by atoms with Gasteiger partial charge in [-0.25, -0.2) is 8.42 Å². The fraction of sp³-hybridized carbons (Fsp3) is 0.417. The molecule has 0 spiro atoms. The Labute approximate surface area is 121 Å². The number of hydrogen-bond donors (Lipinski definition) is 0. The molecule has 0 aromatic heterocycles. The molecule has 2 rings (SSSR count). The quantitative estimate of drug-likeness (QED) is 0.632. The van der Waals surface area contributed by atoms with E-state index in [1.165, 1.54) is 4.90 Å². The second kappa shape index (κ2) is 5.73. The second-order valence-corrected chi connectivity index (χ2v) is 8.42. The molecule has 104 valence electrons. The number of hydrogen-bond acceptors (Lipinski definition) is 4. The summed E-state index contributed by atoms with van der Waals surface area (Å²) in [6, 6.07) is 7.50. The molecule has 0 N–H and O–H groups in total. The summed E-state index contributed by atoms with van der Waals surface area (Å²) in [7, 11) is 1.65. The molecule has 0 saturated carbocycles. The third-order valence-corrected chi connectivity index (χ3v) is 5.76. The second-order valence-electron chi connectivity index (χ2n) is 4.21. The number of halogens is 1. The fourth-order valence-electron chi connectivity index (χ4n) is 2.05. The van der Waals surface area contributed by atoms with Gasteiger partial charge >= 0.3 is 0 Å². The van der Waals surface area contributed by atoms with Crippen LogP contribution < -0.4 is 4.90 Å². The molecule has 1 aromatic carbocycles. The Kier molecular flexibility index (Phi) is 4.43. The summed E-state index contributed by atoms with van der Waals surface area (Å²) in [4.78, 5) is 14.5. The Hall–Kier alpha value is -0.720. The molecule has 7 heteroatoms. The first-order valence-electron chi connectivity index (χ1n) is 5.89. The highest BCUT2D eigenvalue weighted by Crippen LogP contribution is 2.34. The Morgan fingerprint density at radius 2 is 2.11 bits per heavy atom. The van der Waals surface area contributed by atoms with Crippen molar-refractivity contribution >= 4 is 43.1 Å². The van der Waals surface area contributed by atoms with Crippen molar-refractivity contribution in [3.8, 4) is 0 Å². The summed E-state index contributed by atoms with van der Waals surface area (Å²) in [6.45, 7) is 2.16. The van der Waals surface area contributed by atoms with Crippen LogP contribution in [0.3, 0.4) is 0 Å². The maximum absolute atomic E-state index is 12.0. The number of thioether (sulfide) groups is 1. The topological polar surface area (TPSA) is 54.5 Å². The van der Waals surface area contributed by atoms with Crippen molar-refractivity contribution in [2.75, 3.05) is 17.2 Å². The van der Waals surface area contributed by atoms with Crippen LogP contribution in [0.4, 0.5) is 5.69 Å². The third kappa shape index (κ3) is 3.24. The van der Waals surface area contributed by atoms with Gasteiger partial charge in [0.15, 0.2) is 0 Å². The molecular formula is C12H14ClNO3S2. The maximum atomic E-state index is 12.0. The van der Waals surface area contributed by atoms with Crippen LogP contribution in [0.15, 0.2) is 29.2 Å². The fourth-order valence-corrected chi connectivity index (χ4v) is 3.89. The van der Waals surface area contributed by atoms with E-state index in [9.17, 15) is 13.2 Å². The number of para-hydroxylation sites is 1. The number of benzene rings is 1. The van der Waals surface area contributed by atoms with Gasteiger partial charge in [-0.2, -0.15) is 0 Å². The zero-order chi connectivity index (χ0) is 14.0. The van der Waals surface area contributed by atoms with Crippen LogP contribution in [0.1, 0.15) is 13.3 Å². The largest absolute Gasteiger partial charge is 0.310 e. The van der Waals surface area contributed by atoms with E-state index in [0.717, 1.165) is 16.3 Å². The van der Waals surface area contributed by atoms with Crippen molar-refractivity contribution in [3.05, 3.63) is 24.3 Å². The minimum atomic E-state index is -3.70. The highest BCUT2D eigenvalue weighted by atomic mass is 35.7. The summed E-state index contributed by atoms with van der Waals surface area (Å²) in [5.41, 5.74) is 0.766. The van der Waals surface area contributed by atoms with Gasteiger partial charge in [0, 0.05) is 28.5 Å². The van der Waals surface area contributed by atoms with Crippen molar-refractivity contribution in [1.29, 1.82) is 0 Å². The summed E-state index contributed by atoms with van der Waals surface area (Å²) in [6.07, 6.45) is -0.0447. The monoisotopic (exact) mass is 319 g/mol. The van der Waals surface area contributed by atoms with Crippen LogP contribution in [0.2, 0.25) is 0 Å². The Morgan fingerprint density at radius 1 is 1.42 bits per heavy atom. The van der Waals surface area contributed by atoms with E-state index in [2.05, 4.69) is 0 Å². The molecule has 19 heavy (non-hydrogen) atoms. The van der Waals surface area contributed by atoms with Gasteiger partial charge in [0.05, 0.1) is 5.69 Å². The van der Waals surface area contributed by atoms with E-state index >= 15 is 0 Å². The van der Waals surface area contributed by atoms with Crippen LogP contribution in [0.25, 0.3) is 0 Å². The van der Waals surface area contributed by atoms with E-state index in [1.54, 1.807) is 11.8 Å². The zero-order valence-electron chi connectivity index (χ0n) is 10.4. The SMILES string of the molecule is CCSc1ccccc1N1CC(S(=O)(=O)Cl)CC1=O. The molecule has 4 nitrogen and oxygen atoms in total. The van der Waals surface area contributed by atoms with E-state index in [-0.39, 0.29) is 18.9 Å². The predicted octanol–water partition coefficient (Wildman–Crippen LogP) is 2.47. The van der Waals surface area contributed by atoms with Gasteiger partial charge in [0.25, 0.3) is 0 Å². The number of anilines is 1. The van der Waals surface area contributed by atoms with Gasteiger partial charge in [-0.15, -0.1) is 11.8 Å². The van der Waals surface area contributed by atoms with E-state index in [0.29, 0.717) is 0 Å². The lowest BCUT2D eigenvalue weighted by Crippen LogP contribution is -2.27. The highest BCUT2D eigenvalue weighted by Gasteiger charge is 2.38. The highest BCUT2D eigenvalue weighted by molar-refractivity contribution is 8.14. The van der Waals surface area contributed by atoms with Gasteiger partial charge in [0.1, 0.15) is 5.25 Å². The van der Waals surface area contributed by atoms with E-state index in [4.69, 9.17) is 10.7 Å². The van der Waals surface area contributed by atoms with Crippen molar-refractivity contribution in [2.45, 2.75) is 23.5 Å².